The minimum absolute atomic E-state index is 0.894. The summed E-state index contributed by atoms with van der Waals surface area (Å²) < 4.78 is 6.35. The summed E-state index contributed by atoms with van der Waals surface area (Å²) in [6, 6.07) is 89.9. The first kappa shape index (κ1) is 38.1. The van der Waals surface area contributed by atoms with Crippen LogP contribution in [0.25, 0.3) is 153 Å². The largest absolute Gasteiger partial charge is 0.456 e. The van der Waals surface area contributed by atoms with Crippen molar-refractivity contribution < 1.29 is 4.42 Å². The van der Waals surface area contributed by atoms with E-state index in [9.17, 15) is 0 Å². The van der Waals surface area contributed by atoms with Gasteiger partial charge in [-0.1, -0.05) is 218 Å². The van der Waals surface area contributed by atoms with Crippen LogP contribution in [0.4, 0.5) is 0 Å². The lowest BCUT2D eigenvalue weighted by Gasteiger charge is -2.22. The van der Waals surface area contributed by atoms with Crippen LogP contribution in [-0.2, 0) is 0 Å². The second-order valence-corrected chi connectivity index (χ2v) is 18.6. The SMILES string of the molecule is c1cc(-c2ccc3oc4ccccc4c3c2)c(-c2ccc(-c3c4ccccc4c(-c4cc5cccc6ccc7cccc4c7c65)c4ccccc34)c3ccccc23)c(-c2cccc3ccccc23)c1. The maximum absolute atomic E-state index is 6.35. The van der Waals surface area contributed by atoms with Gasteiger partial charge in [0, 0.05) is 10.8 Å². The topological polar surface area (TPSA) is 13.1 Å². The highest BCUT2D eigenvalue weighted by atomic mass is 16.3. The zero-order valence-corrected chi connectivity index (χ0v) is 37.5. The summed E-state index contributed by atoms with van der Waals surface area (Å²) in [6.45, 7) is 0. The summed E-state index contributed by atoms with van der Waals surface area (Å²) in [5, 5.41) is 19.9. The number of hydrogen-bond donors (Lipinski definition) is 0. The molecule has 0 saturated heterocycles. The molecule has 0 radical (unpaired) electrons. The second kappa shape index (κ2) is 14.7. The Bertz CT molecular complexity index is 4540. The Morgan fingerprint density at radius 2 is 0.681 bits per heavy atom. The third-order valence-corrected chi connectivity index (χ3v) is 15.0. The molecule has 0 saturated carbocycles. The van der Waals surface area contributed by atoms with Crippen molar-refractivity contribution in [1.29, 1.82) is 0 Å². The van der Waals surface area contributed by atoms with E-state index in [0.717, 1.165) is 27.5 Å². The quantitative estimate of drug-likeness (QED) is 0.124. The maximum atomic E-state index is 6.35. The van der Waals surface area contributed by atoms with E-state index in [2.05, 4.69) is 237 Å². The molecule has 0 aliphatic heterocycles. The second-order valence-electron chi connectivity index (χ2n) is 18.6. The minimum atomic E-state index is 0.894. The molecule has 0 atom stereocenters. The molecule has 69 heavy (non-hydrogen) atoms. The molecule has 1 heterocycles. The van der Waals surface area contributed by atoms with Crippen LogP contribution in [0.5, 0.6) is 0 Å². The summed E-state index contributed by atoms with van der Waals surface area (Å²) in [6.07, 6.45) is 0. The van der Waals surface area contributed by atoms with E-state index in [1.165, 1.54) is 125 Å². The fourth-order valence-corrected chi connectivity index (χ4v) is 12.1. The summed E-state index contributed by atoms with van der Waals surface area (Å²) in [5.74, 6) is 0. The average molecular weight is 873 g/mol. The van der Waals surface area contributed by atoms with Gasteiger partial charge in [0.1, 0.15) is 11.2 Å². The highest BCUT2D eigenvalue weighted by Gasteiger charge is 2.24. The molecular formula is C68H40O. The number of benzene rings is 14. The van der Waals surface area contributed by atoms with Crippen molar-refractivity contribution in [2.24, 2.45) is 0 Å². The Balaban J connectivity index is 1.02. The lowest BCUT2D eigenvalue weighted by Crippen LogP contribution is -1.95. The predicted molar refractivity (Wildman–Crippen MR) is 295 cm³/mol. The van der Waals surface area contributed by atoms with Crippen LogP contribution in [0.2, 0.25) is 0 Å². The van der Waals surface area contributed by atoms with Crippen LogP contribution in [0, 0.1) is 0 Å². The molecular weight excluding hydrogens is 833 g/mol. The fraction of sp³-hybridized carbons (Fsp3) is 0. The summed E-state index contributed by atoms with van der Waals surface area (Å²) in [5.41, 5.74) is 14.0. The Labute approximate surface area is 398 Å². The monoisotopic (exact) mass is 872 g/mol. The number of furan rings is 1. The molecule has 0 spiro atoms. The molecule has 0 unspecified atom stereocenters. The van der Waals surface area contributed by atoms with Crippen molar-refractivity contribution in [3.8, 4) is 55.6 Å². The van der Waals surface area contributed by atoms with Gasteiger partial charge in [-0.05, 0) is 155 Å². The van der Waals surface area contributed by atoms with Crippen LogP contribution in [0.3, 0.4) is 0 Å². The fourth-order valence-electron chi connectivity index (χ4n) is 12.1. The van der Waals surface area contributed by atoms with Gasteiger partial charge in [-0.3, -0.25) is 0 Å². The lowest BCUT2D eigenvalue weighted by atomic mass is 9.80. The van der Waals surface area contributed by atoms with E-state index in [1.54, 1.807) is 0 Å². The van der Waals surface area contributed by atoms with Gasteiger partial charge in [-0.15, -0.1) is 0 Å². The molecule has 14 aromatic carbocycles. The highest BCUT2D eigenvalue weighted by molar-refractivity contribution is 6.31. The molecule has 15 rings (SSSR count). The summed E-state index contributed by atoms with van der Waals surface area (Å²) in [4.78, 5) is 0. The molecule has 318 valence electrons. The van der Waals surface area contributed by atoms with Crippen molar-refractivity contribution in [2.45, 2.75) is 0 Å². The molecule has 0 N–H and O–H groups in total. The third-order valence-electron chi connectivity index (χ3n) is 15.0. The average Bonchev–Trinajstić information content (AvgIpc) is 3.79. The van der Waals surface area contributed by atoms with Crippen molar-refractivity contribution >= 4 is 97.3 Å². The smallest absolute Gasteiger partial charge is 0.135 e. The molecule has 1 nitrogen and oxygen atoms in total. The van der Waals surface area contributed by atoms with Gasteiger partial charge < -0.3 is 4.42 Å². The van der Waals surface area contributed by atoms with Crippen LogP contribution in [0.15, 0.2) is 247 Å². The Hall–Kier alpha value is -9.04. The summed E-state index contributed by atoms with van der Waals surface area (Å²) in [7, 11) is 0. The Morgan fingerprint density at radius 3 is 1.42 bits per heavy atom. The van der Waals surface area contributed by atoms with E-state index >= 15 is 0 Å². The van der Waals surface area contributed by atoms with Gasteiger partial charge in [0.2, 0.25) is 0 Å². The van der Waals surface area contributed by atoms with Gasteiger partial charge in [-0.2, -0.15) is 0 Å². The third kappa shape index (κ3) is 5.59. The molecule has 0 aliphatic rings. The van der Waals surface area contributed by atoms with E-state index < -0.39 is 0 Å². The van der Waals surface area contributed by atoms with Crippen molar-refractivity contribution in [3.63, 3.8) is 0 Å². The van der Waals surface area contributed by atoms with Crippen LogP contribution < -0.4 is 0 Å². The standard InChI is InChI=1S/C68H40O/c1-2-20-46-41(15-1)16-12-29-48(46)52-31-14-28-47(44-35-38-63-60(39-44)51-23-9-10-32-62(51)69-63)66(52)58-36-37-59(50-22-4-3-21-49(50)58)67-53-24-5-7-26-55(53)68(56-27-8-6-25-54(56)67)61-40-45-19-11-17-42-33-34-43-18-13-30-57(61)65(43)64(42)45/h1-40H. The van der Waals surface area contributed by atoms with Gasteiger partial charge in [-0.25, -0.2) is 0 Å². The zero-order valence-electron chi connectivity index (χ0n) is 37.5. The maximum Gasteiger partial charge on any atom is 0.135 e. The number of rotatable bonds is 5. The van der Waals surface area contributed by atoms with E-state index in [4.69, 9.17) is 4.42 Å². The first-order chi connectivity index (χ1) is 34.2. The molecule has 0 aliphatic carbocycles. The number of fused-ring (bicyclic) bond motifs is 7. The number of hydrogen-bond acceptors (Lipinski definition) is 1. The molecule has 0 fully saturated rings. The molecule has 0 amide bonds. The van der Waals surface area contributed by atoms with E-state index in [0.29, 0.717) is 0 Å². The Kier molecular flexibility index (Phi) is 8.13. The lowest BCUT2D eigenvalue weighted by molar-refractivity contribution is 0.669. The molecule has 1 aromatic heterocycles. The van der Waals surface area contributed by atoms with Crippen LogP contribution in [0.1, 0.15) is 0 Å². The Morgan fingerprint density at radius 1 is 0.203 bits per heavy atom. The van der Waals surface area contributed by atoms with Gasteiger partial charge in [0.25, 0.3) is 0 Å². The van der Waals surface area contributed by atoms with E-state index in [1.807, 2.05) is 6.07 Å². The molecule has 1 heteroatoms. The zero-order chi connectivity index (χ0) is 45.2. The van der Waals surface area contributed by atoms with Crippen LogP contribution in [-0.4, -0.2) is 0 Å². The normalized spacial score (nSPS) is 12.1. The van der Waals surface area contributed by atoms with E-state index in [-0.39, 0.29) is 0 Å². The first-order valence-corrected chi connectivity index (χ1v) is 23.9. The van der Waals surface area contributed by atoms with Crippen molar-refractivity contribution in [1.82, 2.24) is 0 Å². The highest BCUT2D eigenvalue weighted by Crippen LogP contribution is 2.51. The molecule has 0 bridgehead atoms. The van der Waals surface area contributed by atoms with Gasteiger partial charge in [0.15, 0.2) is 0 Å². The molecule has 15 aromatic rings. The van der Waals surface area contributed by atoms with Gasteiger partial charge in [0.05, 0.1) is 0 Å². The predicted octanol–water partition coefficient (Wildman–Crippen LogP) is 19.4. The van der Waals surface area contributed by atoms with Crippen molar-refractivity contribution in [2.75, 3.05) is 0 Å². The van der Waals surface area contributed by atoms with Gasteiger partial charge >= 0.3 is 0 Å². The van der Waals surface area contributed by atoms with Crippen LogP contribution >= 0.6 is 0 Å². The van der Waals surface area contributed by atoms with Crippen molar-refractivity contribution in [3.05, 3.63) is 243 Å². The minimum Gasteiger partial charge on any atom is -0.456 e. The summed E-state index contributed by atoms with van der Waals surface area (Å²) >= 11 is 0. The first-order valence-electron chi connectivity index (χ1n) is 23.9. The number of para-hydroxylation sites is 1.